The largest absolute Gasteiger partial charge is 0.332 e. The van der Waals surface area contributed by atoms with Crippen molar-refractivity contribution in [2.75, 3.05) is 25.9 Å². The van der Waals surface area contributed by atoms with Gasteiger partial charge in [0.2, 0.25) is 0 Å². The van der Waals surface area contributed by atoms with Crippen molar-refractivity contribution in [1.82, 2.24) is 9.80 Å². The van der Waals surface area contributed by atoms with Gasteiger partial charge in [0.05, 0.1) is 11.6 Å². The average Bonchev–Trinajstić information content (AvgIpc) is 2.90. The summed E-state index contributed by atoms with van der Waals surface area (Å²) in [5.74, 6) is 0.361. The van der Waals surface area contributed by atoms with Gasteiger partial charge in [0.1, 0.15) is 12.6 Å². The van der Waals surface area contributed by atoms with Crippen LogP contribution in [0.1, 0.15) is 63.9 Å². The normalized spacial score (nSPS) is 14.8. The lowest BCUT2D eigenvalue weighted by atomic mass is 10.1. The van der Waals surface area contributed by atoms with Crippen LogP contribution in [0.25, 0.3) is 0 Å². The highest BCUT2D eigenvalue weighted by Crippen LogP contribution is 2.28. The van der Waals surface area contributed by atoms with Crippen LogP contribution in [0.4, 0.5) is 0 Å². The monoisotopic (exact) mass is 494 g/mol. The minimum absolute atomic E-state index is 0.189. The van der Waals surface area contributed by atoms with Crippen LogP contribution in [-0.4, -0.2) is 66.5 Å². The standard InChI is InChI=1S/C28H34N2O4S/c1-29(25(21-33)8-6-17-31)28(34)27-24(20-32)7-5-9-26(27)35-18-14-22-10-12-23(13-11-22)19-30-15-3-2-4-16-30/h5,7,9-13,17,20-21,25H,2-4,6,8,14-16,18-19H2,1H3. The zero-order valence-corrected chi connectivity index (χ0v) is 21.2. The van der Waals surface area contributed by atoms with Gasteiger partial charge in [-0.25, -0.2) is 0 Å². The molecular formula is C28H34N2O4S. The molecule has 2 aromatic rings. The van der Waals surface area contributed by atoms with Gasteiger partial charge in [0.15, 0.2) is 6.29 Å². The van der Waals surface area contributed by atoms with E-state index in [9.17, 15) is 19.2 Å². The molecule has 1 unspecified atom stereocenters. The number of nitrogens with zero attached hydrogens (tertiary/aromatic N) is 2. The maximum atomic E-state index is 13.2. The molecule has 1 atom stereocenters. The van der Waals surface area contributed by atoms with E-state index in [2.05, 4.69) is 29.2 Å². The lowest BCUT2D eigenvalue weighted by molar-refractivity contribution is -0.112. The molecule has 3 rings (SSSR count). The number of aldehydes is 3. The second-order valence-electron chi connectivity index (χ2n) is 8.95. The third-order valence-corrected chi connectivity index (χ3v) is 7.54. The zero-order valence-electron chi connectivity index (χ0n) is 20.4. The third-order valence-electron chi connectivity index (χ3n) is 6.48. The number of likely N-dealkylation sites (tertiary alicyclic amines) is 1. The van der Waals surface area contributed by atoms with Gasteiger partial charge in [-0.2, -0.15) is 0 Å². The van der Waals surface area contributed by atoms with Crippen molar-refractivity contribution in [3.63, 3.8) is 0 Å². The van der Waals surface area contributed by atoms with Crippen LogP contribution in [0.2, 0.25) is 0 Å². The molecule has 0 aromatic heterocycles. The zero-order chi connectivity index (χ0) is 25.0. The maximum Gasteiger partial charge on any atom is 0.256 e. The van der Waals surface area contributed by atoms with Gasteiger partial charge in [-0.1, -0.05) is 42.8 Å². The van der Waals surface area contributed by atoms with Crippen molar-refractivity contribution in [3.05, 3.63) is 64.7 Å². The Labute approximate surface area is 212 Å². The second kappa shape index (κ2) is 14.0. The average molecular weight is 495 g/mol. The van der Waals surface area contributed by atoms with E-state index < -0.39 is 6.04 Å². The van der Waals surface area contributed by atoms with Crippen molar-refractivity contribution in [2.24, 2.45) is 0 Å². The number of benzene rings is 2. The second-order valence-corrected chi connectivity index (χ2v) is 10.1. The van der Waals surface area contributed by atoms with Gasteiger partial charge in [-0.15, -0.1) is 11.8 Å². The summed E-state index contributed by atoms with van der Waals surface area (Å²) < 4.78 is 0. The highest BCUT2D eigenvalue weighted by atomic mass is 32.2. The van der Waals surface area contributed by atoms with Crippen LogP contribution in [0.3, 0.4) is 0 Å². The van der Waals surface area contributed by atoms with Crippen molar-refractivity contribution in [3.8, 4) is 0 Å². The third kappa shape index (κ3) is 7.61. The molecule has 0 bridgehead atoms. The Balaban J connectivity index is 1.64. The van der Waals surface area contributed by atoms with Crippen LogP contribution >= 0.6 is 11.8 Å². The van der Waals surface area contributed by atoms with Gasteiger partial charge < -0.3 is 14.5 Å². The number of likely N-dealkylation sites (N-methyl/N-ethyl adjacent to an activating group) is 1. The number of rotatable bonds is 13. The highest BCUT2D eigenvalue weighted by molar-refractivity contribution is 7.99. The van der Waals surface area contributed by atoms with E-state index in [0.29, 0.717) is 28.6 Å². The lowest BCUT2D eigenvalue weighted by Crippen LogP contribution is -2.39. The number of carbonyl (C=O) groups excluding carboxylic acids is 4. The maximum absolute atomic E-state index is 13.2. The van der Waals surface area contributed by atoms with E-state index in [1.165, 1.54) is 67.2 Å². The van der Waals surface area contributed by atoms with E-state index in [1.807, 2.05) is 6.07 Å². The van der Waals surface area contributed by atoms with E-state index >= 15 is 0 Å². The topological polar surface area (TPSA) is 74.8 Å². The lowest BCUT2D eigenvalue weighted by Gasteiger charge is -2.26. The summed E-state index contributed by atoms with van der Waals surface area (Å²) in [5, 5.41) is 0. The Bertz CT molecular complexity index is 1000. The molecule has 1 aliphatic heterocycles. The minimum atomic E-state index is -0.714. The number of piperidine rings is 1. The summed E-state index contributed by atoms with van der Waals surface area (Å²) in [4.78, 5) is 51.7. The van der Waals surface area contributed by atoms with Crippen LogP contribution in [0.5, 0.6) is 0 Å². The van der Waals surface area contributed by atoms with Gasteiger partial charge >= 0.3 is 0 Å². The van der Waals surface area contributed by atoms with Gasteiger partial charge in [0, 0.05) is 36.2 Å². The molecule has 1 amide bonds. The summed E-state index contributed by atoms with van der Waals surface area (Å²) in [7, 11) is 1.54. The summed E-state index contributed by atoms with van der Waals surface area (Å²) in [6.07, 6.45) is 7.27. The Morgan fingerprint density at radius 2 is 1.74 bits per heavy atom. The number of aryl methyl sites for hydroxylation is 1. The molecule has 0 N–H and O–H groups in total. The predicted octanol–water partition coefficient (Wildman–Crippen LogP) is 4.44. The Hall–Kier alpha value is -2.77. The first-order valence-electron chi connectivity index (χ1n) is 12.2. The Kier molecular flexibility index (Phi) is 10.7. The molecule has 1 saturated heterocycles. The Morgan fingerprint density at radius 3 is 2.40 bits per heavy atom. The molecule has 35 heavy (non-hydrogen) atoms. The van der Waals surface area contributed by atoms with Crippen LogP contribution in [0, 0.1) is 0 Å². The van der Waals surface area contributed by atoms with Gasteiger partial charge in [-0.3, -0.25) is 14.5 Å². The van der Waals surface area contributed by atoms with E-state index in [-0.39, 0.29) is 18.7 Å². The number of hydrogen-bond donors (Lipinski definition) is 0. The first kappa shape index (κ1) is 26.8. The van der Waals surface area contributed by atoms with E-state index in [4.69, 9.17) is 0 Å². The van der Waals surface area contributed by atoms with Gasteiger partial charge in [-0.05, 0) is 56.0 Å². The summed E-state index contributed by atoms with van der Waals surface area (Å²) in [6.45, 7) is 3.36. The van der Waals surface area contributed by atoms with Crippen molar-refractivity contribution in [1.29, 1.82) is 0 Å². The van der Waals surface area contributed by atoms with Crippen molar-refractivity contribution < 1.29 is 19.2 Å². The first-order chi connectivity index (χ1) is 17.1. The molecule has 6 nitrogen and oxygen atoms in total. The van der Waals surface area contributed by atoms with Gasteiger partial charge in [0.25, 0.3) is 5.91 Å². The van der Waals surface area contributed by atoms with Crippen LogP contribution < -0.4 is 0 Å². The first-order valence-corrected chi connectivity index (χ1v) is 13.2. The summed E-state index contributed by atoms with van der Waals surface area (Å²) in [5.41, 5.74) is 3.17. The van der Waals surface area contributed by atoms with Crippen molar-refractivity contribution >= 4 is 36.5 Å². The SMILES string of the molecule is CN(C(=O)c1c(C=O)cccc1SCCc1ccc(CN2CCCCC2)cc1)C(C=O)CCC=O. The molecule has 186 valence electrons. The van der Waals surface area contributed by atoms with E-state index in [1.54, 1.807) is 12.1 Å². The molecule has 2 aromatic carbocycles. The number of carbonyl (C=O) groups is 4. The fraction of sp³-hybridized carbons (Fsp3) is 0.429. The smallest absolute Gasteiger partial charge is 0.256 e. The summed E-state index contributed by atoms with van der Waals surface area (Å²) in [6, 6.07) is 13.2. The molecule has 1 heterocycles. The van der Waals surface area contributed by atoms with Crippen molar-refractivity contribution in [2.45, 2.75) is 56.0 Å². The molecule has 0 saturated carbocycles. The fourth-order valence-corrected chi connectivity index (χ4v) is 5.46. The highest BCUT2D eigenvalue weighted by Gasteiger charge is 2.25. The molecular weight excluding hydrogens is 460 g/mol. The molecule has 1 fully saturated rings. The van der Waals surface area contributed by atoms with Crippen LogP contribution in [0.15, 0.2) is 47.4 Å². The van der Waals surface area contributed by atoms with Crippen LogP contribution in [-0.2, 0) is 22.6 Å². The molecule has 0 radical (unpaired) electrons. The number of thioether (sulfide) groups is 1. The predicted molar refractivity (Wildman–Crippen MR) is 139 cm³/mol. The number of amides is 1. The Morgan fingerprint density at radius 1 is 1.03 bits per heavy atom. The molecule has 0 spiro atoms. The fourth-order valence-electron chi connectivity index (χ4n) is 4.38. The number of hydrogen-bond acceptors (Lipinski definition) is 6. The molecule has 1 aliphatic rings. The molecule has 0 aliphatic carbocycles. The quantitative estimate of drug-likeness (QED) is 0.303. The minimum Gasteiger partial charge on any atom is -0.332 e. The van der Waals surface area contributed by atoms with E-state index in [0.717, 1.165) is 25.0 Å². The summed E-state index contributed by atoms with van der Waals surface area (Å²) >= 11 is 1.53. The molecule has 7 heteroatoms.